The maximum atomic E-state index is 10.9. The van der Waals surface area contributed by atoms with E-state index in [-0.39, 0.29) is 0 Å². The van der Waals surface area contributed by atoms with Gasteiger partial charge in [-0.3, -0.25) is 5.10 Å². The summed E-state index contributed by atoms with van der Waals surface area (Å²) in [5.74, 6) is -0.320. The van der Waals surface area contributed by atoms with Gasteiger partial charge in [-0.1, -0.05) is 49.4 Å². The van der Waals surface area contributed by atoms with Crippen LogP contribution in [0, 0.1) is 0 Å². The third-order valence-corrected chi connectivity index (χ3v) is 5.96. The first kappa shape index (κ1) is 23.7. The van der Waals surface area contributed by atoms with E-state index in [1.807, 2.05) is 60.8 Å². The monoisotopic (exact) mass is 488 g/mol. The summed E-state index contributed by atoms with van der Waals surface area (Å²) in [6.45, 7) is 2.14. The highest BCUT2D eigenvalue weighted by atomic mass is 16.5. The number of hydrogen-bond acceptors (Lipinski definition) is 5. The smallest absolute Gasteiger partial charge is 0.328 e. The van der Waals surface area contributed by atoms with Crippen LogP contribution in [0.4, 0.5) is 0 Å². The molecule has 0 saturated heterocycles. The molecule has 5 aromatic rings. The van der Waals surface area contributed by atoms with E-state index in [9.17, 15) is 4.79 Å². The first-order valence-corrected chi connectivity index (χ1v) is 11.8. The molecule has 0 bridgehead atoms. The van der Waals surface area contributed by atoms with E-state index in [4.69, 9.17) is 9.84 Å². The molecule has 0 aliphatic rings. The molecular formula is C30H24N4O3. The standard InChI is InChI=1S/C30H24N4O3/c1-2-26(21-9-12-25(13-10-21)37-30-31-16-3-17-32-30)29(23-11-14-27-24(18-23)19-33-34-27)22-7-4-20(5-8-22)6-15-28(35)36/h3-19H,2H2,1H3,(H,33,34)(H,35,36). The fourth-order valence-electron chi connectivity index (χ4n) is 4.23. The van der Waals surface area contributed by atoms with Gasteiger partial charge in [0.2, 0.25) is 0 Å². The summed E-state index contributed by atoms with van der Waals surface area (Å²) in [6, 6.07) is 24.1. The van der Waals surface area contributed by atoms with Crippen molar-refractivity contribution in [1.29, 1.82) is 0 Å². The van der Waals surface area contributed by atoms with Crippen LogP contribution < -0.4 is 4.74 Å². The molecular weight excluding hydrogens is 464 g/mol. The molecule has 0 saturated carbocycles. The fourth-order valence-corrected chi connectivity index (χ4v) is 4.23. The lowest BCUT2D eigenvalue weighted by Crippen LogP contribution is -1.96. The minimum absolute atomic E-state index is 0.299. The molecule has 0 fully saturated rings. The molecule has 7 heteroatoms. The number of aliphatic carboxylic acids is 1. The van der Waals surface area contributed by atoms with Crippen LogP contribution in [-0.2, 0) is 4.79 Å². The average molecular weight is 489 g/mol. The van der Waals surface area contributed by atoms with E-state index >= 15 is 0 Å². The quantitative estimate of drug-likeness (QED) is 0.188. The number of nitrogens with zero attached hydrogens (tertiary/aromatic N) is 3. The number of carboxylic acid groups (broad SMARTS) is 1. The molecule has 7 nitrogen and oxygen atoms in total. The SMILES string of the molecule is CCC(=C(c1ccc(C=CC(=O)O)cc1)c1ccc2[nH]ncc2c1)c1ccc(Oc2ncccn2)cc1. The molecule has 5 rings (SSSR count). The van der Waals surface area contributed by atoms with Crippen molar-refractivity contribution in [3.8, 4) is 11.8 Å². The van der Waals surface area contributed by atoms with Crippen LogP contribution in [-0.4, -0.2) is 31.2 Å². The highest BCUT2D eigenvalue weighted by Crippen LogP contribution is 2.36. The number of rotatable bonds is 8. The van der Waals surface area contributed by atoms with Gasteiger partial charge in [0.1, 0.15) is 5.75 Å². The predicted molar refractivity (Wildman–Crippen MR) is 144 cm³/mol. The average Bonchev–Trinajstić information content (AvgIpc) is 3.40. The summed E-state index contributed by atoms with van der Waals surface area (Å²) in [6.07, 6.45) is 8.62. The van der Waals surface area contributed by atoms with Crippen LogP contribution in [0.15, 0.2) is 97.5 Å². The lowest BCUT2D eigenvalue weighted by Gasteiger charge is -2.17. The molecule has 0 aliphatic heterocycles. The van der Waals surface area contributed by atoms with Crippen molar-refractivity contribution in [3.63, 3.8) is 0 Å². The van der Waals surface area contributed by atoms with Crippen LogP contribution in [0.2, 0.25) is 0 Å². The van der Waals surface area contributed by atoms with E-state index in [0.29, 0.717) is 11.8 Å². The van der Waals surface area contributed by atoms with Crippen molar-refractivity contribution in [3.05, 3.63) is 120 Å². The zero-order valence-electron chi connectivity index (χ0n) is 20.1. The summed E-state index contributed by atoms with van der Waals surface area (Å²) < 4.78 is 5.77. The molecule has 182 valence electrons. The number of ether oxygens (including phenoxy) is 1. The number of hydrogen-bond donors (Lipinski definition) is 2. The lowest BCUT2D eigenvalue weighted by atomic mass is 9.87. The van der Waals surface area contributed by atoms with Gasteiger partial charge in [-0.25, -0.2) is 14.8 Å². The summed E-state index contributed by atoms with van der Waals surface area (Å²) in [5, 5.41) is 17.2. The molecule has 0 radical (unpaired) electrons. The Bertz CT molecular complexity index is 1590. The van der Waals surface area contributed by atoms with Gasteiger partial charge in [0.15, 0.2) is 0 Å². The molecule has 2 aromatic heterocycles. The van der Waals surface area contributed by atoms with E-state index < -0.39 is 5.97 Å². The molecule has 0 amide bonds. The molecule has 37 heavy (non-hydrogen) atoms. The van der Waals surface area contributed by atoms with E-state index in [1.54, 1.807) is 24.5 Å². The first-order chi connectivity index (χ1) is 18.1. The largest absolute Gasteiger partial charge is 0.478 e. The molecule has 3 aromatic carbocycles. The molecule has 0 atom stereocenters. The van der Waals surface area contributed by atoms with Crippen LogP contribution in [0.1, 0.15) is 35.6 Å². The summed E-state index contributed by atoms with van der Waals surface area (Å²) in [5.41, 5.74) is 7.22. The van der Waals surface area contributed by atoms with Crippen molar-refractivity contribution in [2.24, 2.45) is 0 Å². The zero-order valence-corrected chi connectivity index (χ0v) is 20.1. The van der Waals surface area contributed by atoms with Crippen LogP contribution in [0.25, 0.3) is 28.1 Å². The second-order valence-corrected chi connectivity index (χ2v) is 8.33. The Morgan fingerprint density at radius 2 is 1.65 bits per heavy atom. The maximum absolute atomic E-state index is 10.9. The number of allylic oxidation sites excluding steroid dienone is 1. The number of carbonyl (C=O) groups is 1. The summed E-state index contributed by atoms with van der Waals surface area (Å²) >= 11 is 0. The second-order valence-electron chi connectivity index (χ2n) is 8.33. The number of benzene rings is 3. The van der Waals surface area contributed by atoms with Crippen LogP contribution in [0.3, 0.4) is 0 Å². The topological polar surface area (TPSA) is 101 Å². The van der Waals surface area contributed by atoms with E-state index in [2.05, 4.69) is 39.2 Å². The minimum atomic E-state index is -0.974. The number of H-pyrrole nitrogens is 1. The molecule has 2 N–H and O–H groups in total. The van der Waals surface area contributed by atoms with Gasteiger partial charge in [-0.2, -0.15) is 5.10 Å². The number of aromatic nitrogens is 4. The Morgan fingerprint density at radius 1 is 0.946 bits per heavy atom. The molecule has 0 spiro atoms. The fraction of sp³-hybridized carbons (Fsp3) is 0.0667. The molecule has 0 unspecified atom stereocenters. The van der Waals surface area contributed by atoms with Gasteiger partial charge in [0, 0.05) is 23.9 Å². The lowest BCUT2D eigenvalue weighted by molar-refractivity contribution is -0.131. The van der Waals surface area contributed by atoms with Crippen molar-refractivity contribution in [2.75, 3.05) is 0 Å². The zero-order chi connectivity index (χ0) is 25.6. The summed E-state index contributed by atoms with van der Waals surface area (Å²) in [4.78, 5) is 19.1. The van der Waals surface area contributed by atoms with E-state index in [0.717, 1.165) is 51.2 Å². The molecule has 2 heterocycles. The predicted octanol–water partition coefficient (Wildman–Crippen LogP) is 6.61. The number of fused-ring (bicyclic) bond motifs is 1. The van der Waals surface area contributed by atoms with Gasteiger partial charge in [0.05, 0.1) is 11.7 Å². The van der Waals surface area contributed by atoms with Crippen molar-refractivity contribution < 1.29 is 14.6 Å². The number of nitrogens with one attached hydrogen (secondary N) is 1. The molecule has 0 aliphatic carbocycles. The van der Waals surface area contributed by atoms with Crippen LogP contribution in [0.5, 0.6) is 11.8 Å². The van der Waals surface area contributed by atoms with Gasteiger partial charge in [-0.15, -0.1) is 0 Å². The van der Waals surface area contributed by atoms with Crippen molar-refractivity contribution in [2.45, 2.75) is 13.3 Å². The van der Waals surface area contributed by atoms with Crippen molar-refractivity contribution in [1.82, 2.24) is 20.2 Å². The highest BCUT2D eigenvalue weighted by Gasteiger charge is 2.14. The van der Waals surface area contributed by atoms with Gasteiger partial charge in [-0.05, 0) is 76.2 Å². The Kier molecular flexibility index (Phi) is 6.85. The Morgan fingerprint density at radius 3 is 2.35 bits per heavy atom. The second kappa shape index (κ2) is 10.7. The van der Waals surface area contributed by atoms with Crippen molar-refractivity contribution >= 4 is 34.1 Å². The van der Waals surface area contributed by atoms with Crippen LogP contribution >= 0.6 is 0 Å². The normalized spacial score (nSPS) is 12.0. The highest BCUT2D eigenvalue weighted by molar-refractivity contribution is 6.00. The Hall–Kier alpha value is -5.04. The minimum Gasteiger partial charge on any atom is -0.478 e. The third-order valence-electron chi connectivity index (χ3n) is 5.96. The van der Waals surface area contributed by atoms with Gasteiger partial charge >= 0.3 is 12.0 Å². The third kappa shape index (κ3) is 5.46. The number of carboxylic acids is 1. The van der Waals surface area contributed by atoms with Gasteiger partial charge in [0.25, 0.3) is 0 Å². The first-order valence-electron chi connectivity index (χ1n) is 11.8. The van der Waals surface area contributed by atoms with E-state index in [1.165, 1.54) is 5.57 Å². The summed E-state index contributed by atoms with van der Waals surface area (Å²) in [7, 11) is 0. The van der Waals surface area contributed by atoms with Gasteiger partial charge < -0.3 is 9.84 Å². The Balaban J connectivity index is 1.58. The Labute approximate surface area is 213 Å². The maximum Gasteiger partial charge on any atom is 0.328 e. The number of aromatic amines is 1.